The van der Waals surface area contributed by atoms with Crippen LogP contribution >= 0.6 is 12.2 Å². The van der Waals surface area contributed by atoms with E-state index in [2.05, 4.69) is 15.7 Å². The van der Waals surface area contributed by atoms with Crippen molar-refractivity contribution >= 4 is 41.0 Å². The number of primary amides is 1. The number of methoxy groups -OCH3 is 1. The zero-order valence-corrected chi connectivity index (χ0v) is 18.7. The molecule has 8 nitrogen and oxygen atoms in total. The highest BCUT2D eigenvalue weighted by Crippen LogP contribution is 2.23. The molecule has 0 spiro atoms. The van der Waals surface area contributed by atoms with E-state index in [1.54, 1.807) is 19.3 Å². The molecule has 2 amide bonds. The number of ether oxygens (including phenoxy) is 1. The Bertz CT molecular complexity index is 1220. The zero-order chi connectivity index (χ0) is 23.3. The number of amides is 2. The summed E-state index contributed by atoms with van der Waals surface area (Å²) in [4.78, 5) is 24.2. The molecule has 0 aliphatic rings. The van der Waals surface area contributed by atoms with Gasteiger partial charge in [-0.05, 0) is 49.8 Å². The number of carbonyl (C=O) groups excluding carboxylic acids is 2. The van der Waals surface area contributed by atoms with Crippen molar-refractivity contribution in [3.63, 3.8) is 0 Å². The van der Waals surface area contributed by atoms with Crippen LogP contribution in [0, 0.1) is 13.8 Å². The fraction of sp³-hybridized carbons (Fsp3) is 0.130. The lowest BCUT2D eigenvalue weighted by atomic mass is 10.1. The first-order valence-corrected chi connectivity index (χ1v) is 10.1. The molecule has 0 atom stereocenters. The van der Waals surface area contributed by atoms with E-state index in [1.807, 2.05) is 50.2 Å². The summed E-state index contributed by atoms with van der Waals surface area (Å²) in [6, 6.07) is 13.1. The van der Waals surface area contributed by atoms with E-state index in [1.165, 1.54) is 17.0 Å². The number of nitrogens with zero attached hydrogens (tertiary/aromatic N) is 2. The Morgan fingerprint density at radius 1 is 1.19 bits per heavy atom. The fourth-order valence-corrected chi connectivity index (χ4v) is 3.33. The van der Waals surface area contributed by atoms with Gasteiger partial charge in [-0.25, -0.2) is 4.68 Å². The molecule has 3 rings (SSSR count). The van der Waals surface area contributed by atoms with Gasteiger partial charge in [0.15, 0.2) is 5.11 Å². The number of aryl methyl sites for hydroxylation is 2. The molecule has 0 bridgehead atoms. The summed E-state index contributed by atoms with van der Waals surface area (Å²) in [5.74, 6) is -0.218. The zero-order valence-electron chi connectivity index (χ0n) is 17.9. The van der Waals surface area contributed by atoms with Gasteiger partial charge in [-0.2, -0.15) is 5.10 Å². The predicted octanol–water partition coefficient (Wildman–Crippen LogP) is 3.12. The molecule has 0 fully saturated rings. The van der Waals surface area contributed by atoms with Gasteiger partial charge >= 0.3 is 0 Å². The molecule has 0 aliphatic heterocycles. The van der Waals surface area contributed by atoms with Crippen LogP contribution in [0.4, 0.5) is 5.82 Å². The summed E-state index contributed by atoms with van der Waals surface area (Å²) in [5.41, 5.74) is 9.17. The topological polar surface area (TPSA) is 111 Å². The average molecular weight is 450 g/mol. The second-order valence-corrected chi connectivity index (χ2v) is 7.40. The molecule has 9 heteroatoms. The van der Waals surface area contributed by atoms with Crippen molar-refractivity contribution in [1.29, 1.82) is 0 Å². The Hall–Kier alpha value is -3.98. The van der Waals surface area contributed by atoms with Crippen LogP contribution in [0.3, 0.4) is 0 Å². The predicted molar refractivity (Wildman–Crippen MR) is 128 cm³/mol. The Morgan fingerprint density at radius 3 is 2.62 bits per heavy atom. The standard InChI is InChI=1S/C23H23N5O3S/c1-14-8-10-18(15(2)12-14)28-22(17(13-25-28)21(24)30)27-23(32)26-20(29)11-9-16-6-4-5-7-19(16)31-3/h4-13H,1-3H3,(H2,24,30)(H2,26,27,29,32)/b11-9+. The van der Waals surface area contributed by atoms with Gasteiger partial charge in [-0.3, -0.25) is 14.9 Å². The van der Waals surface area contributed by atoms with Crippen molar-refractivity contribution in [2.75, 3.05) is 12.4 Å². The number of rotatable bonds is 6. The number of thiocarbonyl (C=S) groups is 1. The second-order valence-electron chi connectivity index (χ2n) is 6.99. The third-order valence-electron chi connectivity index (χ3n) is 4.64. The van der Waals surface area contributed by atoms with Crippen LogP contribution in [0.1, 0.15) is 27.0 Å². The number of benzene rings is 2. The van der Waals surface area contributed by atoms with E-state index in [0.717, 1.165) is 22.4 Å². The Balaban J connectivity index is 1.80. The fourth-order valence-electron chi connectivity index (χ4n) is 3.14. The number of nitrogens with two attached hydrogens (primary N) is 1. The number of para-hydroxylation sites is 1. The highest BCUT2D eigenvalue weighted by Gasteiger charge is 2.19. The normalized spacial score (nSPS) is 10.7. The largest absolute Gasteiger partial charge is 0.496 e. The van der Waals surface area contributed by atoms with Gasteiger partial charge in [-0.15, -0.1) is 0 Å². The number of hydrogen-bond acceptors (Lipinski definition) is 5. The van der Waals surface area contributed by atoms with E-state index >= 15 is 0 Å². The lowest BCUT2D eigenvalue weighted by Gasteiger charge is -2.14. The molecule has 1 heterocycles. The number of carbonyl (C=O) groups is 2. The smallest absolute Gasteiger partial charge is 0.254 e. The van der Waals surface area contributed by atoms with Crippen LogP contribution in [0.2, 0.25) is 0 Å². The van der Waals surface area contributed by atoms with Crippen molar-refractivity contribution < 1.29 is 14.3 Å². The molecule has 0 radical (unpaired) electrons. The van der Waals surface area contributed by atoms with Crippen LogP contribution in [0.15, 0.2) is 54.7 Å². The van der Waals surface area contributed by atoms with Gasteiger partial charge in [0, 0.05) is 11.6 Å². The van der Waals surface area contributed by atoms with E-state index < -0.39 is 11.8 Å². The van der Waals surface area contributed by atoms with Crippen LogP contribution in [0.5, 0.6) is 5.75 Å². The number of nitrogens with one attached hydrogen (secondary N) is 2. The maximum Gasteiger partial charge on any atom is 0.254 e. The molecule has 2 aromatic carbocycles. The molecular weight excluding hydrogens is 426 g/mol. The second kappa shape index (κ2) is 9.88. The number of hydrogen-bond donors (Lipinski definition) is 3. The molecule has 0 unspecified atom stereocenters. The maximum atomic E-state index is 12.3. The van der Waals surface area contributed by atoms with E-state index in [0.29, 0.717) is 5.75 Å². The average Bonchev–Trinajstić information content (AvgIpc) is 3.15. The summed E-state index contributed by atoms with van der Waals surface area (Å²) in [5, 5.41) is 9.70. The molecule has 32 heavy (non-hydrogen) atoms. The Labute approximate surface area is 191 Å². The van der Waals surface area contributed by atoms with Gasteiger partial charge in [0.05, 0.1) is 19.0 Å². The molecular formula is C23H23N5O3S. The molecule has 0 aliphatic carbocycles. The molecule has 0 saturated carbocycles. The van der Waals surface area contributed by atoms with E-state index in [-0.39, 0.29) is 16.5 Å². The van der Waals surface area contributed by atoms with Gasteiger partial charge in [0.1, 0.15) is 17.1 Å². The van der Waals surface area contributed by atoms with Crippen molar-refractivity contribution in [1.82, 2.24) is 15.1 Å². The number of anilines is 1. The van der Waals surface area contributed by atoms with Gasteiger partial charge in [-0.1, -0.05) is 35.9 Å². The minimum absolute atomic E-state index is 0.00584. The summed E-state index contributed by atoms with van der Waals surface area (Å²) in [6.45, 7) is 3.91. The Kier molecular flexibility index (Phi) is 7.01. The van der Waals surface area contributed by atoms with Crippen molar-refractivity contribution in [3.05, 3.63) is 77.0 Å². The van der Waals surface area contributed by atoms with Crippen molar-refractivity contribution in [2.24, 2.45) is 5.73 Å². The van der Waals surface area contributed by atoms with Crippen LogP contribution in [-0.2, 0) is 4.79 Å². The molecule has 164 valence electrons. The van der Waals surface area contributed by atoms with Gasteiger partial charge in [0.2, 0.25) is 5.91 Å². The molecule has 0 saturated heterocycles. The van der Waals surface area contributed by atoms with Crippen LogP contribution in [0.25, 0.3) is 11.8 Å². The lowest BCUT2D eigenvalue weighted by Crippen LogP contribution is -2.34. The minimum atomic E-state index is -0.672. The van der Waals surface area contributed by atoms with Crippen molar-refractivity contribution in [3.8, 4) is 11.4 Å². The van der Waals surface area contributed by atoms with Crippen LogP contribution in [-0.4, -0.2) is 33.8 Å². The Morgan fingerprint density at radius 2 is 1.94 bits per heavy atom. The lowest BCUT2D eigenvalue weighted by molar-refractivity contribution is -0.115. The SMILES string of the molecule is COc1ccccc1/C=C/C(=O)NC(=S)Nc1c(C(N)=O)cnn1-c1ccc(C)cc1C. The molecule has 3 aromatic rings. The molecule has 1 aromatic heterocycles. The highest BCUT2D eigenvalue weighted by atomic mass is 32.1. The summed E-state index contributed by atoms with van der Waals surface area (Å²) in [6.07, 6.45) is 4.31. The minimum Gasteiger partial charge on any atom is -0.496 e. The highest BCUT2D eigenvalue weighted by molar-refractivity contribution is 7.80. The summed E-state index contributed by atoms with van der Waals surface area (Å²) < 4.78 is 6.79. The van der Waals surface area contributed by atoms with Crippen molar-refractivity contribution in [2.45, 2.75) is 13.8 Å². The third kappa shape index (κ3) is 5.19. The first-order valence-electron chi connectivity index (χ1n) is 9.68. The summed E-state index contributed by atoms with van der Waals surface area (Å²) >= 11 is 5.27. The van der Waals surface area contributed by atoms with Crippen LogP contribution < -0.4 is 21.1 Å². The van der Waals surface area contributed by atoms with Gasteiger partial charge < -0.3 is 15.8 Å². The maximum absolute atomic E-state index is 12.3. The molecule has 4 N–H and O–H groups in total. The monoisotopic (exact) mass is 449 g/mol. The number of aromatic nitrogens is 2. The first kappa shape index (κ1) is 22.7. The van der Waals surface area contributed by atoms with Gasteiger partial charge in [0.25, 0.3) is 5.91 Å². The van der Waals surface area contributed by atoms with E-state index in [4.69, 9.17) is 22.7 Å². The third-order valence-corrected chi connectivity index (χ3v) is 4.84. The first-order chi connectivity index (χ1) is 15.3. The summed E-state index contributed by atoms with van der Waals surface area (Å²) in [7, 11) is 1.56. The van der Waals surface area contributed by atoms with E-state index in [9.17, 15) is 9.59 Å². The quantitative estimate of drug-likeness (QED) is 0.394.